The van der Waals surface area contributed by atoms with Gasteiger partial charge in [-0.1, -0.05) is 41.3 Å². The summed E-state index contributed by atoms with van der Waals surface area (Å²) in [5.74, 6) is 1.01. The van der Waals surface area contributed by atoms with Gasteiger partial charge < -0.3 is 4.90 Å². The van der Waals surface area contributed by atoms with Crippen molar-refractivity contribution in [2.45, 2.75) is 11.3 Å². The predicted molar refractivity (Wildman–Crippen MR) is 85.6 cm³/mol. The molecule has 106 valence electrons. The van der Waals surface area contributed by atoms with E-state index < -0.39 is 0 Å². The van der Waals surface area contributed by atoms with Gasteiger partial charge in [0.1, 0.15) is 5.01 Å². The van der Waals surface area contributed by atoms with Crippen molar-refractivity contribution in [3.63, 3.8) is 0 Å². The summed E-state index contributed by atoms with van der Waals surface area (Å²) in [4.78, 5) is 4.94. The van der Waals surface area contributed by atoms with E-state index in [0.29, 0.717) is 0 Å². The van der Waals surface area contributed by atoms with Crippen LogP contribution in [0.3, 0.4) is 0 Å². The maximum Gasteiger partial charge on any atom is 0.175 e. The van der Waals surface area contributed by atoms with Crippen LogP contribution in [0, 0.1) is 6.92 Å². The van der Waals surface area contributed by atoms with E-state index in [9.17, 15) is 0 Å². The van der Waals surface area contributed by atoms with Gasteiger partial charge in [0.15, 0.2) is 4.34 Å². The van der Waals surface area contributed by atoms with E-state index in [0.717, 1.165) is 41.4 Å². The second-order valence-corrected chi connectivity index (χ2v) is 7.17. The Morgan fingerprint density at radius 2 is 1.85 bits per heavy atom. The van der Waals surface area contributed by atoms with Gasteiger partial charge in [0.2, 0.25) is 0 Å². The first-order chi connectivity index (χ1) is 9.81. The molecule has 1 aliphatic heterocycles. The number of thioether (sulfide) groups is 1. The number of nitrogens with zero attached hydrogens (tertiary/aromatic N) is 4. The summed E-state index contributed by atoms with van der Waals surface area (Å²) in [5.41, 5.74) is 1.33. The minimum atomic E-state index is 1.01. The Kier molecular flexibility index (Phi) is 4.54. The number of piperazine rings is 1. The zero-order valence-electron chi connectivity index (χ0n) is 11.5. The monoisotopic (exact) mass is 306 g/mol. The second kappa shape index (κ2) is 6.56. The summed E-state index contributed by atoms with van der Waals surface area (Å²) in [7, 11) is 0. The van der Waals surface area contributed by atoms with Gasteiger partial charge in [-0.2, -0.15) is 0 Å². The Morgan fingerprint density at radius 1 is 1.10 bits per heavy atom. The predicted octanol–water partition coefficient (Wildman–Crippen LogP) is 2.72. The topological polar surface area (TPSA) is 32.3 Å². The molecule has 2 aromatic rings. The van der Waals surface area contributed by atoms with E-state index in [2.05, 4.69) is 50.3 Å². The van der Waals surface area contributed by atoms with Crippen molar-refractivity contribution >= 4 is 28.8 Å². The molecule has 20 heavy (non-hydrogen) atoms. The molecule has 0 radical (unpaired) electrons. The van der Waals surface area contributed by atoms with Crippen LogP contribution in [-0.2, 0) is 0 Å². The van der Waals surface area contributed by atoms with Crippen molar-refractivity contribution in [3.05, 3.63) is 35.3 Å². The lowest BCUT2D eigenvalue weighted by Crippen LogP contribution is -2.46. The summed E-state index contributed by atoms with van der Waals surface area (Å²) in [6, 6.07) is 10.7. The maximum absolute atomic E-state index is 4.16. The number of aryl methyl sites for hydroxylation is 1. The SMILES string of the molecule is Cc1nnc(SCN2CCN(c3ccccc3)CC2)s1. The summed E-state index contributed by atoms with van der Waals surface area (Å²) in [6.45, 7) is 6.42. The largest absolute Gasteiger partial charge is 0.369 e. The van der Waals surface area contributed by atoms with Crippen LogP contribution in [0.2, 0.25) is 0 Å². The lowest BCUT2D eigenvalue weighted by molar-refractivity contribution is 0.301. The lowest BCUT2D eigenvalue weighted by atomic mass is 10.2. The number of anilines is 1. The fourth-order valence-electron chi connectivity index (χ4n) is 2.26. The highest BCUT2D eigenvalue weighted by Gasteiger charge is 2.17. The van der Waals surface area contributed by atoms with Gasteiger partial charge in [0.05, 0.1) is 5.88 Å². The quantitative estimate of drug-likeness (QED) is 0.811. The smallest absolute Gasteiger partial charge is 0.175 e. The molecular formula is C14H18N4S2. The highest BCUT2D eigenvalue weighted by molar-refractivity contribution is 8.00. The summed E-state index contributed by atoms with van der Waals surface area (Å²) in [5, 5.41) is 9.25. The van der Waals surface area contributed by atoms with Crippen molar-refractivity contribution in [2.75, 3.05) is 37.0 Å². The number of rotatable bonds is 4. The molecule has 4 nitrogen and oxygen atoms in total. The van der Waals surface area contributed by atoms with Gasteiger partial charge in [-0.15, -0.1) is 10.2 Å². The number of hydrogen-bond acceptors (Lipinski definition) is 6. The molecule has 0 aliphatic carbocycles. The van der Waals surface area contributed by atoms with Crippen LogP contribution >= 0.6 is 23.1 Å². The van der Waals surface area contributed by atoms with E-state index in [1.165, 1.54) is 5.69 Å². The van der Waals surface area contributed by atoms with Gasteiger partial charge in [-0.25, -0.2) is 0 Å². The molecule has 1 fully saturated rings. The molecule has 0 amide bonds. The first-order valence-corrected chi connectivity index (χ1v) is 8.57. The molecule has 0 saturated carbocycles. The summed E-state index contributed by atoms with van der Waals surface area (Å²) >= 11 is 3.47. The van der Waals surface area contributed by atoms with Gasteiger partial charge >= 0.3 is 0 Å². The standard InChI is InChI=1S/C14H18N4S2/c1-12-15-16-14(20-12)19-11-17-7-9-18(10-8-17)13-5-3-2-4-6-13/h2-6H,7-11H2,1H3. The van der Waals surface area contributed by atoms with Crippen LogP contribution in [0.4, 0.5) is 5.69 Å². The van der Waals surface area contributed by atoms with Crippen molar-refractivity contribution in [3.8, 4) is 0 Å². The Balaban J connectivity index is 1.47. The molecule has 0 bridgehead atoms. The molecule has 1 aromatic heterocycles. The molecule has 1 aliphatic rings. The van der Waals surface area contributed by atoms with Gasteiger partial charge in [0, 0.05) is 31.9 Å². The molecule has 0 unspecified atom stereocenters. The lowest BCUT2D eigenvalue weighted by Gasteiger charge is -2.35. The van der Waals surface area contributed by atoms with E-state index in [4.69, 9.17) is 0 Å². The Morgan fingerprint density at radius 3 is 2.50 bits per heavy atom. The fraction of sp³-hybridized carbons (Fsp3) is 0.429. The van der Waals surface area contributed by atoms with Crippen LogP contribution < -0.4 is 4.90 Å². The Labute approximate surface area is 127 Å². The highest BCUT2D eigenvalue weighted by atomic mass is 32.2. The van der Waals surface area contributed by atoms with Crippen LogP contribution in [0.5, 0.6) is 0 Å². The van der Waals surface area contributed by atoms with E-state index in [1.807, 2.05) is 6.92 Å². The minimum Gasteiger partial charge on any atom is -0.369 e. The van der Waals surface area contributed by atoms with Crippen LogP contribution in [0.25, 0.3) is 0 Å². The highest BCUT2D eigenvalue weighted by Crippen LogP contribution is 2.23. The zero-order chi connectivity index (χ0) is 13.8. The normalized spacial score (nSPS) is 16.6. The van der Waals surface area contributed by atoms with Crippen LogP contribution in [0.1, 0.15) is 5.01 Å². The zero-order valence-corrected chi connectivity index (χ0v) is 13.2. The molecule has 0 spiro atoms. The van der Waals surface area contributed by atoms with Crippen LogP contribution in [0.15, 0.2) is 34.7 Å². The van der Waals surface area contributed by atoms with Crippen molar-refractivity contribution < 1.29 is 0 Å². The average Bonchev–Trinajstić information content (AvgIpc) is 2.92. The number of para-hydroxylation sites is 1. The third-order valence-electron chi connectivity index (χ3n) is 3.37. The Hall–Kier alpha value is -1.11. The first kappa shape index (κ1) is 13.9. The van der Waals surface area contributed by atoms with Gasteiger partial charge in [0.25, 0.3) is 0 Å². The molecular weight excluding hydrogens is 288 g/mol. The molecule has 0 atom stereocenters. The van der Waals surface area contributed by atoms with Crippen LogP contribution in [-0.4, -0.2) is 47.2 Å². The molecule has 0 N–H and O–H groups in total. The minimum absolute atomic E-state index is 1.01. The number of benzene rings is 1. The third kappa shape index (κ3) is 3.50. The van der Waals surface area contributed by atoms with E-state index in [-0.39, 0.29) is 0 Å². The third-order valence-corrected chi connectivity index (χ3v) is 5.43. The molecule has 1 aromatic carbocycles. The first-order valence-electron chi connectivity index (χ1n) is 6.76. The second-order valence-electron chi connectivity index (χ2n) is 4.80. The number of aromatic nitrogens is 2. The fourth-order valence-corrected chi connectivity index (χ4v) is 4.08. The summed E-state index contributed by atoms with van der Waals surface area (Å²) in [6.07, 6.45) is 0. The molecule has 1 saturated heterocycles. The van der Waals surface area contributed by atoms with E-state index in [1.54, 1.807) is 23.1 Å². The Bertz CT molecular complexity index is 535. The van der Waals surface area contributed by atoms with Gasteiger partial charge in [-0.3, -0.25) is 4.90 Å². The molecule has 2 heterocycles. The van der Waals surface area contributed by atoms with Crippen molar-refractivity contribution in [1.82, 2.24) is 15.1 Å². The summed E-state index contributed by atoms with van der Waals surface area (Å²) < 4.78 is 1.08. The maximum atomic E-state index is 4.16. The molecule has 3 rings (SSSR count). The van der Waals surface area contributed by atoms with Gasteiger partial charge in [-0.05, 0) is 19.1 Å². The molecule has 6 heteroatoms. The van der Waals surface area contributed by atoms with E-state index >= 15 is 0 Å². The number of hydrogen-bond donors (Lipinski definition) is 0. The van der Waals surface area contributed by atoms with Crippen molar-refractivity contribution in [1.29, 1.82) is 0 Å². The van der Waals surface area contributed by atoms with Crippen molar-refractivity contribution in [2.24, 2.45) is 0 Å². The average molecular weight is 306 g/mol.